The van der Waals surface area contributed by atoms with Crippen LogP contribution in [0.15, 0.2) is 76.2 Å². The molecule has 0 unspecified atom stereocenters. The first-order valence-corrected chi connectivity index (χ1v) is 11.8. The summed E-state index contributed by atoms with van der Waals surface area (Å²) in [4.78, 5) is 17.9. The van der Waals surface area contributed by atoms with Gasteiger partial charge in [-0.2, -0.15) is 5.10 Å². The Balaban J connectivity index is 1.41. The first-order chi connectivity index (χ1) is 16.9. The molecule has 0 saturated carbocycles. The number of nitrogens with zero attached hydrogens (tertiary/aromatic N) is 4. The first-order valence-electron chi connectivity index (χ1n) is 11.8. The molecule has 0 saturated heterocycles. The smallest absolute Gasteiger partial charge is 0.276 e. The molecule has 0 amide bonds. The number of hydrogen-bond acceptors (Lipinski definition) is 5. The van der Waals surface area contributed by atoms with E-state index < -0.39 is 0 Å². The number of rotatable bonds is 7. The van der Waals surface area contributed by atoms with Gasteiger partial charge in [0.25, 0.3) is 5.56 Å². The van der Waals surface area contributed by atoms with Gasteiger partial charge in [0.15, 0.2) is 0 Å². The summed E-state index contributed by atoms with van der Waals surface area (Å²) in [5.41, 5.74) is 4.98. The van der Waals surface area contributed by atoms with Crippen LogP contribution in [0.25, 0.3) is 28.2 Å². The Bertz CT molecular complexity index is 1520. The Labute approximate surface area is 203 Å². The second-order valence-corrected chi connectivity index (χ2v) is 8.85. The molecule has 3 aromatic heterocycles. The van der Waals surface area contributed by atoms with E-state index in [2.05, 4.69) is 29.1 Å². The predicted octanol–water partition coefficient (Wildman–Crippen LogP) is 5.52. The number of fused-ring (bicyclic) bond motifs is 1. The lowest BCUT2D eigenvalue weighted by Crippen LogP contribution is -2.22. The molecule has 0 atom stereocenters. The SMILES string of the molecule is CCc1ccc(-c2cc3c(=O)n(Cc4nc(-c5ccc(OC(C)C)cc5)oc4C)ccn3n2)cc1. The van der Waals surface area contributed by atoms with E-state index in [4.69, 9.17) is 9.15 Å². The lowest BCUT2D eigenvalue weighted by Gasteiger charge is -2.09. The monoisotopic (exact) mass is 468 g/mol. The van der Waals surface area contributed by atoms with Gasteiger partial charge in [0, 0.05) is 23.5 Å². The number of aryl methyl sites for hydroxylation is 2. The van der Waals surface area contributed by atoms with Gasteiger partial charge in [-0.1, -0.05) is 31.2 Å². The van der Waals surface area contributed by atoms with Gasteiger partial charge >= 0.3 is 0 Å². The van der Waals surface area contributed by atoms with Crippen LogP contribution in [0.3, 0.4) is 0 Å². The van der Waals surface area contributed by atoms with Crippen LogP contribution in [0, 0.1) is 6.92 Å². The molecule has 0 aliphatic carbocycles. The van der Waals surface area contributed by atoms with Crippen molar-refractivity contribution in [3.05, 3.63) is 94.4 Å². The van der Waals surface area contributed by atoms with Crippen LogP contribution in [0.5, 0.6) is 5.75 Å². The Morgan fingerprint density at radius 1 is 1.00 bits per heavy atom. The highest BCUT2D eigenvalue weighted by Gasteiger charge is 2.15. The highest BCUT2D eigenvalue weighted by atomic mass is 16.5. The fourth-order valence-corrected chi connectivity index (χ4v) is 4.01. The van der Waals surface area contributed by atoms with E-state index in [1.54, 1.807) is 21.5 Å². The third-order valence-electron chi connectivity index (χ3n) is 5.95. The standard InChI is InChI=1S/C28H28N4O3/c1-5-20-6-8-21(9-7-20)24-16-26-28(33)31(14-15-32(26)30-24)17-25-19(4)35-27(29-25)22-10-12-23(13-11-22)34-18(2)3/h6-16,18H,5,17H2,1-4H3. The second kappa shape index (κ2) is 9.25. The largest absolute Gasteiger partial charge is 0.491 e. The maximum absolute atomic E-state index is 13.2. The van der Waals surface area contributed by atoms with E-state index in [9.17, 15) is 4.79 Å². The molecular formula is C28H28N4O3. The van der Waals surface area contributed by atoms with E-state index in [0.717, 1.165) is 29.0 Å². The maximum atomic E-state index is 13.2. The summed E-state index contributed by atoms with van der Waals surface area (Å²) >= 11 is 0. The molecule has 0 radical (unpaired) electrons. The third kappa shape index (κ3) is 4.62. The van der Waals surface area contributed by atoms with E-state index in [0.29, 0.717) is 29.4 Å². The lowest BCUT2D eigenvalue weighted by atomic mass is 10.1. The minimum Gasteiger partial charge on any atom is -0.491 e. The Kier molecular flexibility index (Phi) is 5.99. The quantitative estimate of drug-likeness (QED) is 0.314. The Morgan fingerprint density at radius 3 is 2.40 bits per heavy atom. The van der Waals surface area contributed by atoms with E-state index >= 15 is 0 Å². The summed E-state index contributed by atoms with van der Waals surface area (Å²) < 4.78 is 14.9. The number of benzene rings is 2. The van der Waals surface area contributed by atoms with Crippen LogP contribution < -0.4 is 10.3 Å². The van der Waals surface area contributed by atoms with Gasteiger partial charge in [-0.15, -0.1) is 0 Å². The molecule has 7 nitrogen and oxygen atoms in total. The van der Waals surface area contributed by atoms with Crippen molar-refractivity contribution < 1.29 is 9.15 Å². The van der Waals surface area contributed by atoms with Gasteiger partial charge in [-0.25, -0.2) is 9.50 Å². The van der Waals surface area contributed by atoms with Gasteiger partial charge in [-0.05, 0) is 63.1 Å². The zero-order valence-corrected chi connectivity index (χ0v) is 20.4. The minimum atomic E-state index is -0.129. The van der Waals surface area contributed by atoms with E-state index in [1.165, 1.54) is 5.56 Å². The Morgan fingerprint density at radius 2 is 1.71 bits per heavy atom. The fourth-order valence-electron chi connectivity index (χ4n) is 4.01. The summed E-state index contributed by atoms with van der Waals surface area (Å²) in [7, 11) is 0. The molecule has 178 valence electrons. The third-order valence-corrected chi connectivity index (χ3v) is 5.95. The predicted molar refractivity (Wildman–Crippen MR) is 136 cm³/mol. The van der Waals surface area contributed by atoms with Gasteiger partial charge in [0.2, 0.25) is 5.89 Å². The molecule has 3 heterocycles. The van der Waals surface area contributed by atoms with Crippen molar-refractivity contribution in [2.75, 3.05) is 0 Å². The number of oxazole rings is 1. The molecule has 0 bridgehead atoms. The van der Waals surface area contributed by atoms with Crippen molar-refractivity contribution >= 4 is 5.52 Å². The molecule has 2 aromatic carbocycles. The first kappa shape index (κ1) is 22.7. The number of ether oxygens (including phenoxy) is 1. The van der Waals surface area contributed by atoms with Gasteiger partial charge < -0.3 is 13.7 Å². The summed E-state index contributed by atoms with van der Waals surface area (Å²) in [6, 6.07) is 17.8. The molecule has 0 aliphatic rings. The van der Waals surface area contributed by atoms with Gasteiger partial charge in [-0.3, -0.25) is 4.79 Å². The van der Waals surface area contributed by atoms with Crippen LogP contribution in [0.4, 0.5) is 0 Å². The van der Waals surface area contributed by atoms with Crippen molar-refractivity contribution in [3.8, 4) is 28.5 Å². The van der Waals surface area contributed by atoms with Crippen LogP contribution >= 0.6 is 0 Å². The zero-order valence-electron chi connectivity index (χ0n) is 20.4. The topological polar surface area (TPSA) is 74.6 Å². The molecule has 7 heteroatoms. The number of hydrogen-bond donors (Lipinski definition) is 0. The normalized spacial score (nSPS) is 11.5. The molecule has 0 N–H and O–H groups in total. The molecule has 5 rings (SSSR count). The van der Waals surface area contributed by atoms with Crippen molar-refractivity contribution in [2.24, 2.45) is 0 Å². The fraction of sp³-hybridized carbons (Fsp3) is 0.250. The van der Waals surface area contributed by atoms with Crippen molar-refractivity contribution in [3.63, 3.8) is 0 Å². The molecule has 0 fully saturated rings. The summed E-state index contributed by atoms with van der Waals surface area (Å²) in [5, 5.41) is 4.59. The summed E-state index contributed by atoms with van der Waals surface area (Å²) in [6.45, 7) is 8.28. The van der Waals surface area contributed by atoms with E-state index in [1.807, 2.05) is 63.2 Å². The van der Waals surface area contributed by atoms with Crippen molar-refractivity contribution in [2.45, 2.75) is 46.8 Å². The average Bonchev–Trinajstić information content (AvgIpc) is 3.45. The van der Waals surface area contributed by atoms with Crippen LogP contribution in [-0.4, -0.2) is 25.3 Å². The highest BCUT2D eigenvalue weighted by Crippen LogP contribution is 2.25. The average molecular weight is 469 g/mol. The van der Waals surface area contributed by atoms with Crippen LogP contribution in [-0.2, 0) is 13.0 Å². The Hall–Kier alpha value is -4.13. The molecular weight excluding hydrogens is 440 g/mol. The van der Waals surface area contributed by atoms with Gasteiger partial charge in [0.05, 0.1) is 18.3 Å². The summed E-state index contributed by atoms with van der Waals surface area (Å²) in [5.74, 6) is 2.00. The molecule has 5 aromatic rings. The maximum Gasteiger partial charge on any atom is 0.276 e. The van der Waals surface area contributed by atoms with Crippen LogP contribution in [0.1, 0.15) is 37.8 Å². The number of aromatic nitrogens is 4. The molecule has 0 spiro atoms. The lowest BCUT2D eigenvalue weighted by molar-refractivity contribution is 0.242. The minimum absolute atomic E-state index is 0.112. The second-order valence-electron chi connectivity index (χ2n) is 8.85. The van der Waals surface area contributed by atoms with Crippen molar-refractivity contribution in [1.82, 2.24) is 19.2 Å². The zero-order chi connectivity index (χ0) is 24.5. The van der Waals surface area contributed by atoms with E-state index in [-0.39, 0.29) is 11.7 Å². The van der Waals surface area contributed by atoms with Crippen LogP contribution in [0.2, 0.25) is 0 Å². The molecule has 35 heavy (non-hydrogen) atoms. The highest BCUT2D eigenvalue weighted by molar-refractivity contribution is 5.65. The van der Waals surface area contributed by atoms with Crippen molar-refractivity contribution in [1.29, 1.82) is 0 Å². The summed E-state index contributed by atoms with van der Waals surface area (Å²) in [6.07, 6.45) is 4.63. The van der Waals surface area contributed by atoms with Gasteiger partial charge in [0.1, 0.15) is 22.7 Å². The molecule has 0 aliphatic heterocycles.